The second-order valence-electron chi connectivity index (χ2n) is 21.8. The molecule has 5 fully saturated rings. The Morgan fingerprint density at radius 3 is 2.33 bits per heavy atom. The first-order valence-electron chi connectivity index (χ1n) is 27.4. The maximum Gasteiger partial charge on any atom is 0.255 e. The lowest BCUT2D eigenvalue weighted by Gasteiger charge is -2.43. The number of piperazine rings is 1. The number of anilines is 3. The summed E-state index contributed by atoms with van der Waals surface area (Å²) in [6.07, 6.45) is 8.79. The predicted octanol–water partition coefficient (Wildman–Crippen LogP) is 5.87. The minimum atomic E-state index is -0.873. The molecule has 6 atom stereocenters. The van der Waals surface area contributed by atoms with E-state index in [0.29, 0.717) is 47.6 Å². The normalized spacial score (nSPS) is 23.3. The van der Waals surface area contributed by atoms with E-state index in [2.05, 4.69) is 52.5 Å². The van der Waals surface area contributed by atoms with Gasteiger partial charge in [0.25, 0.3) is 11.4 Å². The number of nitrogens with two attached hydrogens (primary N) is 1. The molecule has 5 aliphatic rings. The number of rotatable bonds is 18. The lowest BCUT2D eigenvalue weighted by molar-refractivity contribution is -0.141. The Labute approximate surface area is 453 Å². The van der Waals surface area contributed by atoms with Gasteiger partial charge in [-0.1, -0.05) is 44.2 Å². The second kappa shape index (κ2) is 22.8. The monoisotopic (exact) mass is 1060 g/mol. The van der Waals surface area contributed by atoms with Crippen molar-refractivity contribution in [1.82, 2.24) is 40.0 Å². The summed E-state index contributed by atoms with van der Waals surface area (Å²) in [5.41, 5.74) is 10.9. The predicted molar refractivity (Wildman–Crippen MR) is 292 cm³/mol. The molecule has 20 nitrogen and oxygen atoms in total. The maximum atomic E-state index is 14.2. The molecule has 410 valence electrons. The first-order valence-corrected chi connectivity index (χ1v) is 27.4. The van der Waals surface area contributed by atoms with E-state index in [1.807, 2.05) is 69.4 Å². The van der Waals surface area contributed by atoms with Crippen LogP contribution in [0.25, 0.3) is 16.9 Å². The van der Waals surface area contributed by atoms with E-state index in [4.69, 9.17) is 24.5 Å². The maximum absolute atomic E-state index is 14.2. The number of phenols is 1. The molecule has 6 aromatic rings. The largest absolute Gasteiger partial charge is 0.507 e. The number of amides is 2. The van der Waals surface area contributed by atoms with Crippen molar-refractivity contribution >= 4 is 29.0 Å². The molecule has 2 bridgehead atoms. The molecule has 1 saturated carbocycles. The number of phenolic OH excluding ortho intramolecular Hbond substituents is 1. The van der Waals surface area contributed by atoms with Gasteiger partial charge in [0, 0.05) is 118 Å². The molecule has 4 aliphatic heterocycles. The number of carbonyl (C=O) groups excluding carboxylic acids is 2. The third kappa shape index (κ3) is 11.4. The quantitative estimate of drug-likeness (QED) is 0.0787. The second-order valence-corrected chi connectivity index (χ2v) is 21.8. The van der Waals surface area contributed by atoms with E-state index < -0.39 is 24.1 Å². The number of pyridine rings is 2. The highest BCUT2D eigenvalue weighted by Gasteiger charge is 2.45. The third-order valence-electron chi connectivity index (χ3n) is 16.2. The lowest BCUT2D eigenvalue weighted by Crippen LogP contribution is -2.54. The van der Waals surface area contributed by atoms with Crippen LogP contribution in [0.5, 0.6) is 17.5 Å². The van der Waals surface area contributed by atoms with Gasteiger partial charge in [0.1, 0.15) is 30.4 Å². The van der Waals surface area contributed by atoms with Gasteiger partial charge in [0.15, 0.2) is 11.6 Å². The molecule has 4 saturated heterocycles. The zero-order chi connectivity index (χ0) is 54.0. The number of nitrogen functional groups attached to an aromatic ring is 1. The Kier molecular flexibility index (Phi) is 15.4. The number of carbonyl (C=O) groups is 2. The number of para-hydroxylation sites is 1. The SMILES string of the molecule is CC(C)[C@@H](C(=O)N1C[C@H](O)C[C@H]1C(=O)N[C@@H](C)c1ccc(-n2ccccc2=O)cc1)c1cc(OCCN2CCC(O[C@H]3C[C@H](Oc4cc(N5C6CCC5CN(c5cc(-c7ccccc7O)nnc5N)C6)ccn4)C3)CC2)no1. The van der Waals surface area contributed by atoms with Crippen molar-refractivity contribution in [3.05, 3.63) is 125 Å². The lowest BCUT2D eigenvalue weighted by atomic mass is 9.91. The Morgan fingerprint density at radius 1 is 0.833 bits per heavy atom. The molecule has 5 N–H and O–H groups in total. The molecule has 2 unspecified atom stereocenters. The van der Waals surface area contributed by atoms with Gasteiger partial charge in [-0.15, -0.1) is 10.2 Å². The number of piperidine rings is 1. The highest BCUT2D eigenvalue weighted by Crippen LogP contribution is 2.41. The van der Waals surface area contributed by atoms with Crippen LogP contribution in [-0.4, -0.2) is 145 Å². The summed E-state index contributed by atoms with van der Waals surface area (Å²) in [5.74, 6) is 0.159. The summed E-state index contributed by atoms with van der Waals surface area (Å²) in [4.78, 5) is 53.5. The summed E-state index contributed by atoms with van der Waals surface area (Å²) in [5, 5.41) is 36.9. The number of ether oxygens (including phenoxy) is 3. The van der Waals surface area contributed by atoms with Crippen LogP contribution in [0.2, 0.25) is 0 Å². The van der Waals surface area contributed by atoms with E-state index in [1.165, 1.54) is 11.0 Å². The van der Waals surface area contributed by atoms with E-state index in [-0.39, 0.29) is 78.3 Å². The highest BCUT2D eigenvalue weighted by molar-refractivity contribution is 5.91. The molecule has 20 heteroatoms. The summed E-state index contributed by atoms with van der Waals surface area (Å²) in [6.45, 7) is 10.1. The summed E-state index contributed by atoms with van der Waals surface area (Å²) < 4.78 is 26.3. The van der Waals surface area contributed by atoms with Gasteiger partial charge >= 0.3 is 0 Å². The number of nitrogens with one attached hydrogen (secondary N) is 1. The van der Waals surface area contributed by atoms with Crippen molar-refractivity contribution in [1.29, 1.82) is 0 Å². The number of β-amino-alcohol motifs (C(OH)–C–C–N with tert-alkyl or cyclic N) is 1. The Morgan fingerprint density at radius 2 is 1.59 bits per heavy atom. The zero-order valence-corrected chi connectivity index (χ0v) is 44.3. The average Bonchev–Trinajstić information content (AvgIpc) is 4.21. The van der Waals surface area contributed by atoms with Crippen LogP contribution >= 0.6 is 0 Å². The van der Waals surface area contributed by atoms with Gasteiger partial charge in [0.05, 0.1) is 35.7 Å². The Bertz CT molecular complexity index is 3110. The summed E-state index contributed by atoms with van der Waals surface area (Å²) >= 11 is 0. The van der Waals surface area contributed by atoms with Gasteiger partial charge in [-0.3, -0.25) is 23.9 Å². The van der Waals surface area contributed by atoms with E-state index >= 15 is 0 Å². The van der Waals surface area contributed by atoms with E-state index in [1.54, 1.807) is 41.1 Å². The molecule has 1 aliphatic carbocycles. The van der Waals surface area contributed by atoms with Crippen molar-refractivity contribution in [2.75, 3.05) is 61.4 Å². The van der Waals surface area contributed by atoms with Gasteiger partial charge in [-0.2, -0.15) is 0 Å². The van der Waals surface area contributed by atoms with Crippen LogP contribution in [0.4, 0.5) is 17.2 Å². The third-order valence-corrected chi connectivity index (χ3v) is 16.2. The zero-order valence-electron chi connectivity index (χ0n) is 44.3. The van der Waals surface area contributed by atoms with E-state index in [0.717, 1.165) is 81.6 Å². The van der Waals surface area contributed by atoms with Crippen LogP contribution in [0, 0.1) is 5.92 Å². The fourth-order valence-corrected chi connectivity index (χ4v) is 12.0. The number of aliphatic hydroxyl groups excluding tert-OH is 1. The molecule has 0 spiro atoms. The van der Waals surface area contributed by atoms with Crippen LogP contribution in [-0.2, 0) is 14.3 Å². The number of likely N-dealkylation sites (tertiary alicyclic amines) is 2. The van der Waals surface area contributed by atoms with Crippen molar-refractivity contribution in [2.45, 2.75) is 120 Å². The first-order chi connectivity index (χ1) is 37.8. The van der Waals surface area contributed by atoms with Gasteiger partial charge < -0.3 is 54.7 Å². The number of nitrogens with zero attached hydrogens (tertiary/aromatic N) is 9. The van der Waals surface area contributed by atoms with Crippen LogP contribution in [0.3, 0.4) is 0 Å². The van der Waals surface area contributed by atoms with Gasteiger partial charge in [-0.25, -0.2) is 4.98 Å². The molecule has 11 rings (SSSR count). The number of fused-ring (bicyclic) bond motifs is 2. The number of benzene rings is 2. The van der Waals surface area contributed by atoms with Gasteiger partial charge in [-0.05, 0) is 91.7 Å². The molecular weight excluding hydrogens is 995 g/mol. The van der Waals surface area contributed by atoms with Crippen LogP contribution in [0.15, 0.2) is 113 Å². The van der Waals surface area contributed by atoms with Gasteiger partial charge in [0.2, 0.25) is 17.7 Å². The minimum absolute atomic E-state index is 0.0227. The number of aromatic nitrogens is 5. The molecule has 2 amide bonds. The van der Waals surface area contributed by atoms with Crippen molar-refractivity contribution in [3.8, 4) is 34.5 Å². The van der Waals surface area contributed by atoms with Crippen LogP contribution in [0.1, 0.15) is 89.0 Å². The smallest absolute Gasteiger partial charge is 0.255 e. The summed E-state index contributed by atoms with van der Waals surface area (Å²) in [6, 6.07) is 26.5. The highest BCUT2D eigenvalue weighted by atomic mass is 16.5. The first kappa shape index (κ1) is 52.5. The molecule has 0 radical (unpaired) electrons. The number of aromatic hydroxyl groups is 1. The van der Waals surface area contributed by atoms with Crippen molar-refractivity contribution in [3.63, 3.8) is 0 Å². The molecule has 4 aromatic heterocycles. The summed E-state index contributed by atoms with van der Waals surface area (Å²) in [7, 11) is 0. The van der Waals surface area contributed by atoms with Crippen molar-refractivity contribution < 1.29 is 38.5 Å². The molecular formula is C58H69N11O9. The molecule has 8 heterocycles. The Balaban J connectivity index is 0.602. The Hall–Kier alpha value is -7.55. The number of aliphatic hydroxyl groups is 1. The van der Waals surface area contributed by atoms with Crippen LogP contribution < -0.4 is 35.9 Å². The fourth-order valence-electron chi connectivity index (χ4n) is 12.0. The average molecular weight is 1060 g/mol. The standard InChI is InChI=1S/C58H69N11O9/c1-35(2)55(58(74)68-34-42(70)27-49(68)57(73)61-36(3)37-11-13-38(14-12-37)67-21-7-6-10-54(67)72)51-31-53(64-78-51)75-25-24-65-22-18-43(19-23-65)76-44-28-45(29-44)77-52-26-39(17-20-60-52)69-40-15-16-41(69)33-66(32-40)48-30-47(62-63-56(48)59)46-8-4-5-9-50(46)71/h4-14,17,20-21,26,30-31,35-36,40-45,49,55,70-71H,15-16,18-19,22-25,27-29,32-34H2,1-3H3,(H2,59,63)(H,61,73)/t36-,40?,41?,42+,44-,45-,49-,55+/m0/s1. The minimum Gasteiger partial charge on any atom is -0.507 e. The number of hydrogen-bond acceptors (Lipinski definition) is 17. The van der Waals surface area contributed by atoms with E-state index in [9.17, 15) is 24.6 Å². The fraction of sp³-hybridized carbons (Fsp3) is 0.466. The molecule has 78 heavy (non-hydrogen) atoms. The topological polar surface area (TPSA) is 240 Å². The number of hydrogen-bond donors (Lipinski definition) is 4. The molecule has 2 aromatic carbocycles. The van der Waals surface area contributed by atoms with Crippen molar-refractivity contribution in [2.24, 2.45) is 5.92 Å².